The Morgan fingerprint density at radius 3 is 1.80 bits per heavy atom. The van der Waals surface area contributed by atoms with Gasteiger partial charge in [0.1, 0.15) is 29.6 Å². The van der Waals surface area contributed by atoms with Crippen LogP contribution in [-0.2, 0) is 36.8 Å². The van der Waals surface area contributed by atoms with E-state index in [1.807, 2.05) is 0 Å². The van der Waals surface area contributed by atoms with E-state index in [0.717, 1.165) is 6.42 Å². The second kappa shape index (κ2) is 14.7. The number of hydrogen-bond donors (Lipinski definition) is 8. The number of aliphatic carboxylic acids is 1. The van der Waals surface area contributed by atoms with Gasteiger partial charge in [0.25, 0.3) is 0 Å². The second-order valence-corrected chi connectivity index (χ2v) is 9.92. The van der Waals surface area contributed by atoms with E-state index in [1.165, 1.54) is 36.4 Å². The molecule has 0 saturated carbocycles. The van der Waals surface area contributed by atoms with Crippen LogP contribution in [0.3, 0.4) is 0 Å². The van der Waals surface area contributed by atoms with Gasteiger partial charge < -0.3 is 42.3 Å². The van der Waals surface area contributed by atoms with E-state index in [4.69, 9.17) is 5.73 Å². The van der Waals surface area contributed by atoms with Crippen LogP contribution in [0, 0.1) is 0 Å². The lowest BCUT2D eigenvalue weighted by Crippen LogP contribution is -2.57. The number of nitrogens with two attached hydrogens (primary N) is 1. The predicted octanol–water partition coefficient (Wildman–Crippen LogP) is -0.560. The van der Waals surface area contributed by atoms with Gasteiger partial charge in [-0.2, -0.15) is 0 Å². The third kappa shape index (κ3) is 9.80. The third-order valence-corrected chi connectivity index (χ3v) is 6.69. The number of rotatable bonds is 14. The highest BCUT2D eigenvalue weighted by Crippen LogP contribution is 2.14. The maximum atomic E-state index is 13.4. The average molecular weight is 570 g/mol. The molecular weight excluding hydrogens is 534 g/mol. The number of nitrogens with one attached hydrogen (secondary N) is 4. The monoisotopic (exact) mass is 569 g/mol. The van der Waals surface area contributed by atoms with Gasteiger partial charge in [-0.15, -0.1) is 0 Å². The third-order valence-electron chi connectivity index (χ3n) is 6.69. The molecule has 0 bridgehead atoms. The van der Waals surface area contributed by atoms with Crippen molar-refractivity contribution in [2.75, 3.05) is 6.54 Å². The fraction of sp³-hybridized carbons (Fsp3) is 0.393. The van der Waals surface area contributed by atoms with Crippen molar-refractivity contribution >= 4 is 29.6 Å². The molecule has 1 aliphatic rings. The first kappa shape index (κ1) is 30.9. The van der Waals surface area contributed by atoms with Crippen molar-refractivity contribution in [3.63, 3.8) is 0 Å². The molecule has 1 aliphatic heterocycles. The van der Waals surface area contributed by atoms with Crippen LogP contribution in [0.5, 0.6) is 11.5 Å². The fourth-order valence-corrected chi connectivity index (χ4v) is 4.43. The van der Waals surface area contributed by atoms with Crippen LogP contribution in [0.2, 0.25) is 0 Å². The molecule has 0 aromatic heterocycles. The van der Waals surface area contributed by atoms with Crippen LogP contribution in [0.15, 0.2) is 48.5 Å². The standard InChI is InChI=1S/C28H35N5O8/c29-24(36)12-11-21(31-25(37)20-2-1-13-30-20)26(38)32-22(14-16-3-7-18(34)8-4-16)27(39)33-23(28(40)41)15-17-5-9-19(35)10-6-17/h3-10,20-23,30,34-35H,1-2,11-15H2,(H2,29,36)(H,31,37)(H,32,38)(H,33,39)(H,40,41). The maximum absolute atomic E-state index is 13.4. The SMILES string of the molecule is NC(=O)CCC(NC(=O)C1CCCN1)C(=O)NC(Cc1ccc(O)cc1)C(=O)NC(Cc1ccc(O)cc1)C(=O)O. The summed E-state index contributed by atoms with van der Waals surface area (Å²) in [5.41, 5.74) is 6.37. The molecule has 41 heavy (non-hydrogen) atoms. The summed E-state index contributed by atoms with van der Waals surface area (Å²) in [5.74, 6) is -3.95. The Hall–Kier alpha value is -4.65. The maximum Gasteiger partial charge on any atom is 0.326 e. The van der Waals surface area contributed by atoms with Crippen molar-refractivity contribution in [1.82, 2.24) is 21.3 Å². The Labute approximate surface area is 236 Å². The van der Waals surface area contributed by atoms with Gasteiger partial charge in [0.15, 0.2) is 0 Å². The van der Waals surface area contributed by atoms with E-state index >= 15 is 0 Å². The molecule has 13 nitrogen and oxygen atoms in total. The summed E-state index contributed by atoms with van der Waals surface area (Å²) in [5, 5.41) is 39.6. The summed E-state index contributed by atoms with van der Waals surface area (Å²) in [6.07, 6.45) is 0.918. The first-order chi connectivity index (χ1) is 19.5. The molecule has 3 rings (SSSR count). The van der Waals surface area contributed by atoms with E-state index < -0.39 is 53.8 Å². The molecule has 0 aliphatic carbocycles. The molecule has 4 atom stereocenters. The molecular formula is C28H35N5O8. The largest absolute Gasteiger partial charge is 0.508 e. The molecule has 1 heterocycles. The molecule has 220 valence electrons. The molecule has 2 aromatic rings. The minimum atomic E-state index is -1.36. The van der Waals surface area contributed by atoms with Gasteiger partial charge >= 0.3 is 5.97 Å². The normalized spacial score (nSPS) is 16.6. The van der Waals surface area contributed by atoms with Crippen LogP contribution < -0.4 is 27.0 Å². The molecule has 0 spiro atoms. The Balaban J connectivity index is 1.79. The Bertz CT molecular complexity index is 1230. The van der Waals surface area contributed by atoms with Crippen LogP contribution in [0.25, 0.3) is 0 Å². The lowest BCUT2D eigenvalue weighted by molar-refractivity contribution is -0.142. The summed E-state index contributed by atoms with van der Waals surface area (Å²) < 4.78 is 0. The van der Waals surface area contributed by atoms with E-state index in [-0.39, 0.29) is 37.2 Å². The molecule has 13 heteroatoms. The highest BCUT2D eigenvalue weighted by Gasteiger charge is 2.32. The number of phenols is 2. The number of phenolic OH excluding ortho intramolecular Hbond substituents is 2. The van der Waals surface area contributed by atoms with Crippen LogP contribution in [0.4, 0.5) is 0 Å². The van der Waals surface area contributed by atoms with E-state index in [1.54, 1.807) is 12.1 Å². The minimum Gasteiger partial charge on any atom is -0.508 e. The van der Waals surface area contributed by atoms with E-state index in [0.29, 0.717) is 24.1 Å². The predicted molar refractivity (Wildman–Crippen MR) is 147 cm³/mol. The van der Waals surface area contributed by atoms with Crippen LogP contribution >= 0.6 is 0 Å². The smallest absolute Gasteiger partial charge is 0.326 e. The van der Waals surface area contributed by atoms with Gasteiger partial charge in [-0.25, -0.2) is 4.79 Å². The summed E-state index contributed by atoms with van der Waals surface area (Å²) in [7, 11) is 0. The molecule has 1 saturated heterocycles. The second-order valence-electron chi connectivity index (χ2n) is 9.92. The summed E-state index contributed by atoms with van der Waals surface area (Å²) in [6, 6.07) is 7.44. The van der Waals surface area contributed by atoms with Crippen molar-refractivity contribution in [3.8, 4) is 11.5 Å². The number of hydrogen-bond acceptors (Lipinski definition) is 8. The molecule has 9 N–H and O–H groups in total. The molecule has 2 aromatic carbocycles. The first-order valence-corrected chi connectivity index (χ1v) is 13.2. The summed E-state index contributed by atoms with van der Waals surface area (Å²) in [6.45, 7) is 0.653. The van der Waals surface area contributed by atoms with Crippen LogP contribution in [-0.4, -0.2) is 75.6 Å². The Morgan fingerprint density at radius 1 is 0.805 bits per heavy atom. The Kier molecular flexibility index (Phi) is 11.0. The lowest BCUT2D eigenvalue weighted by Gasteiger charge is -2.25. The number of primary amides is 1. The van der Waals surface area contributed by atoms with E-state index in [2.05, 4.69) is 21.3 Å². The van der Waals surface area contributed by atoms with Gasteiger partial charge in [-0.1, -0.05) is 24.3 Å². The van der Waals surface area contributed by atoms with Crippen molar-refractivity contribution in [2.24, 2.45) is 5.73 Å². The number of carbonyl (C=O) groups excluding carboxylic acids is 4. The van der Waals surface area contributed by atoms with Crippen LogP contribution in [0.1, 0.15) is 36.8 Å². The Morgan fingerprint density at radius 2 is 1.32 bits per heavy atom. The molecule has 1 fully saturated rings. The van der Waals surface area contributed by atoms with Crippen molar-refractivity contribution < 1.29 is 39.3 Å². The number of benzene rings is 2. The van der Waals surface area contributed by atoms with Gasteiger partial charge in [0, 0.05) is 19.3 Å². The number of aromatic hydroxyl groups is 2. The zero-order valence-corrected chi connectivity index (χ0v) is 22.3. The molecule has 0 radical (unpaired) electrons. The van der Waals surface area contributed by atoms with E-state index in [9.17, 15) is 39.3 Å². The fourth-order valence-electron chi connectivity index (χ4n) is 4.43. The zero-order valence-electron chi connectivity index (χ0n) is 22.3. The number of amides is 4. The quantitative estimate of drug-likeness (QED) is 0.146. The summed E-state index contributed by atoms with van der Waals surface area (Å²) >= 11 is 0. The van der Waals surface area contributed by atoms with Crippen molar-refractivity contribution in [2.45, 2.75) is 62.7 Å². The van der Waals surface area contributed by atoms with Gasteiger partial charge in [0.05, 0.1) is 6.04 Å². The van der Waals surface area contributed by atoms with Gasteiger partial charge in [0.2, 0.25) is 23.6 Å². The average Bonchev–Trinajstić information content (AvgIpc) is 3.47. The lowest BCUT2D eigenvalue weighted by atomic mass is 10.0. The van der Waals surface area contributed by atoms with Crippen molar-refractivity contribution in [3.05, 3.63) is 59.7 Å². The highest BCUT2D eigenvalue weighted by molar-refractivity contribution is 5.94. The number of carboxylic acids is 1. The number of carbonyl (C=O) groups is 5. The van der Waals surface area contributed by atoms with Gasteiger partial charge in [-0.3, -0.25) is 19.2 Å². The van der Waals surface area contributed by atoms with Gasteiger partial charge in [-0.05, 0) is 61.2 Å². The first-order valence-electron chi connectivity index (χ1n) is 13.2. The minimum absolute atomic E-state index is 0.00280. The summed E-state index contributed by atoms with van der Waals surface area (Å²) in [4.78, 5) is 62.8. The highest BCUT2D eigenvalue weighted by atomic mass is 16.4. The molecule has 4 unspecified atom stereocenters. The zero-order chi connectivity index (χ0) is 29.9. The molecule has 4 amide bonds. The van der Waals surface area contributed by atoms with Crippen molar-refractivity contribution in [1.29, 1.82) is 0 Å². The topological polar surface area (TPSA) is 220 Å². The number of carboxylic acid groups (broad SMARTS) is 1.